The molecule has 0 aliphatic rings. The third-order valence-corrected chi connectivity index (χ3v) is 4.57. The minimum atomic E-state index is 0.0977. The molecule has 6 heteroatoms. The Labute approximate surface area is 160 Å². The molecule has 2 heterocycles. The first-order chi connectivity index (χ1) is 13.1. The predicted octanol–water partition coefficient (Wildman–Crippen LogP) is 5.15. The van der Waals surface area contributed by atoms with Crippen LogP contribution in [-0.4, -0.2) is 27.6 Å². The number of halogens is 1. The molecule has 0 unspecified atom stereocenters. The molecule has 0 aliphatic heterocycles. The SMILES string of the molecule is C=O.CCC(=O)c1cccc(-c2ccc(O)c3[nH]c4ncc(Cl)cc4c23)c1. The van der Waals surface area contributed by atoms with Gasteiger partial charge >= 0.3 is 0 Å². The Bertz CT molecular complexity index is 1150. The third kappa shape index (κ3) is 3.29. The number of hydrogen-bond donors (Lipinski definition) is 2. The summed E-state index contributed by atoms with van der Waals surface area (Å²) >= 11 is 6.12. The summed E-state index contributed by atoms with van der Waals surface area (Å²) in [4.78, 5) is 27.5. The van der Waals surface area contributed by atoms with Crippen molar-refractivity contribution in [2.45, 2.75) is 13.3 Å². The van der Waals surface area contributed by atoms with E-state index in [0.717, 1.165) is 21.9 Å². The average molecular weight is 381 g/mol. The number of fused-ring (bicyclic) bond motifs is 3. The van der Waals surface area contributed by atoms with Gasteiger partial charge in [-0.2, -0.15) is 0 Å². The molecule has 0 amide bonds. The molecule has 2 N–H and O–H groups in total. The lowest BCUT2D eigenvalue weighted by Gasteiger charge is -2.08. The lowest BCUT2D eigenvalue weighted by atomic mass is 9.96. The largest absolute Gasteiger partial charge is 0.506 e. The summed E-state index contributed by atoms with van der Waals surface area (Å²) in [6.07, 6.45) is 2.03. The first-order valence-electron chi connectivity index (χ1n) is 8.30. The van der Waals surface area contributed by atoms with Crippen molar-refractivity contribution in [2.75, 3.05) is 0 Å². The number of nitrogens with one attached hydrogen (secondary N) is 1. The van der Waals surface area contributed by atoms with E-state index in [0.29, 0.717) is 28.2 Å². The average Bonchev–Trinajstić information content (AvgIpc) is 3.09. The first-order valence-corrected chi connectivity index (χ1v) is 8.67. The lowest BCUT2D eigenvalue weighted by Crippen LogP contribution is -1.96. The number of phenolic OH excluding ortho intramolecular Hbond substituents is 1. The van der Waals surface area contributed by atoms with Crippen LogP contribution in [0.3, 0.4) is 0 Å². The van der Waals surface area contributed by atoms with Crippen LogP contribution in [0.5, 0.6) is 5.75 Å². The van der Waals surface area contributed by atoms with Gasteiger partial charge in [-0.25, -0.2) is 4.98 Å². The highest BCUT2D eigenvalue weighted by atomic mass is 35.5. The van der Waals surface area contributed by atoms with Gasteiger partial charge in [0.25, 0.3) is 0 Å². The van der Waals surface area contributed by atoms with Crippen LogP contribution in [0.15, 0.2) is 48.7 Å². The maximum atomic E-state index is 12.0. The fourth-order valence-corrected chi connectivity index (χ4v) is 3.31. The monoisotopic (exact) mass is 380 g/mol. The van der Waals surface area contributed by atoms with Crippen LogP contribution < -0.4 is 0 Å². The molecule has 0 radical (unpaired) electrons. The number of aromatic nitrogens is 2. The fourth-order valence-electron chi connectivity index (χ4n) is 3.15. The number of carbonyl (C=O) groups is 2. The number of rotatable bonds is 3. The molecule has 136 valence electrons. The Kier molecular flexibility index (Phi) is 5.23. The molecule has 0 aliphatic carbocycles. The van der Waals surface area contributed by atoms with Gasteiger partial charge in [0.05, 0.1) is 10.5 Å². The summed E-state index contributed by atoms with van der Waals surface area (Å²) in [6.45, 7) is 3.85. The fraction of sp³-hybridized carbons (Fsp3) is 0.0952. The third-order valence-electron chi connectivity index (χ3n) is 4.37. The van der Waals surface area contributed by atoms with E-state index in [-0.39, 0.29) is 11.5 Å². The van der Waals surface area contributed by atoms with Crippen LogP contribution in [-0.2, 0) is 4.79 Å². The van der Waals surface area contributed by atoms with Gasteiger partial charge in [-0.05, 0) is 35.4 Å². The number of nitrogens with zero attached hydrogens (tertiary/aromatic N) is 1. The molecule has 0 saturated heterocycles. The standard InChI is InChI=1S/C20H15ClN2O2.CH2O/c1-2-16(24)12-5-3-4-11(8-12)14-6-7-17(25)19-18(14)15-9-13(21)10-22-20(15)23-19;1-2/h3-10,25H,2H2,1H3,(H,22,23);1H2. The normalized spacial score (nSPS) is 10.6. The summed E-state index contributed by atoms with van der Waals surface area (Å²) < 4.78 is 0. The van der Waals surface area contributed by atoms with E-state index in [1.54, 1.807) is 12.3 Å². The Morgan fingerprint density at radius 3 is 2.74 bits per heavy atom. The predicted molar refractivity (Wildman–Crippen MR) is 107 cm³/mol. The number of H-pyrrole nitrogens is 1. The molecule has 0 bridgehead atoms. The zero-order valence-electron chi connectivity index (χ0n) is 14.6. The van der Waals surface area contributed by atoms with Crippen molar-refractivity contribution < 1.29 is 14.7 Å². The second-order valence-corrected chi connectivity index (χ2v) is 6.35. The van der Waals surface area contributed by atoms with Gasteiger partial charge in [0.15, 0.2) is 5.78 Å². The van der Waals surface area contributed by atoms with Crippen molar-refractivity contribution in [1.29, 1.82) is 0 Å². The molecule has 0 saturated carbocycles. The van der Waals surface area contributed by atoms with E-state index in [4.69, 9.17) is 16.4 Å². The number of pyridine rings is 1. The second kappa shape index (κ2) is 7.60. The number of phenols is 1. The highest BCUT2D eigenvalue weighted by Gasteiger charge is 2.15. The van der Waals surface area contributed by atoms with Crippen molar-refractivity contribution in [3.63, 3.8) is 0 Å². The molecule has 2 aromatic carbocycles. The van der Waals surface area contributed by atoms with E-state index in [9.17, 15) is 9.90 Å². The smallest absolute Gasteiger partial charge is 0.162 e. The number of Topliss-reactive ketones (excluding diaryl/α,β-unsaturated/α-hetero) is 1. The van der Waals surface area contributed by atoms with Gasteiger partial charge in [0.1, 0.15) is 18.2 Å². The quantitative estimate of drug-likeness (QED) is 0.481. The minimum absolute atomic E-state index is 0.0977. The zero-order valence-corrected chi connectivity index (χ0v) is 15.4. The van der Waals surface area contributed by atoms with E-state index in [2.05, 4.69) is 9.97 Å². The van der Waals surface area contributed by atoms with Gasteiger partial charge < -0.3 is 14.9 Å². The van der Waals surface area contributed by atoms with Gasteiger partial charge in [0.2, 0.25) is 0 Å². The molecule has 4 aromatic rings. The van der Waals surface area contributed by atoms with Gasteiger partial charge in [0, 0.05) is 29.0 Å². The highest BCUT2D eigenvalue weighted by molar-refractivity contribution is 6.31. The molecule has 0 spiro atoms. The number of aromatic amines is 1. The first kappa shape index (κ1) is 18.6. The van der Waals surface area contributed by atoms with Gasteiger partial charge in [-0.1, -0.05) is 36.7 Å². The molecular formula is C21H17ClN2O3. The Balaban J connectivity index is 0.00000102. The summed E-state index contributed by atoms with van der Waals surface area (Å²) in [5.41, 5.74) is 3.76. The number of hydrogen-bond acceptors (Lipinski definition) is 4. The number of carbonyl (C=O) groups excluding carboxylic acids is 2. The highest BCUT2D eigenvalue weighted by Crippen LogP contribution is 2.39. The molecule has 4 rings (SSSR count). The molecule has 5 nitrogen and oxygen atoms in total. The lowest BCUT2D eigenvalue weighted by molar-refractivity contribution is -0.0980. The Hall–Kier alpha value is -3.18. The molecular weight excluding hydrogens is 364 g/mol. The minimum Gasteiger partial charge on any atom is -0.506 e. The Morgan fingerprint density at radius 2 is 2.00 bits per heavy atom. The van der Waals surface area contributed by atoms with Crippen LogP contribution in [0.1, 0.15) is 23.7 Å². The van der Waals surface area contributed by atoms with Gasteiger partial charge in [-0.15, -0.1) is 0 Å². The van der Waals surface area contributed by atoms with E-state index >= 15 is 0 Å². The van der Waals surface area contributed by atoms with Crippen LogP contribution in [0, 0.1) is 0 Å². The second-order valence-electron chi connectivity index (χ2n) is 5.91. The molecule has 2 aromatic heterocycles. The Morgan fingerprint density at radius 1 is 1.22 bits per heavy atom. The topological polar surface area (TPSA) is 83.0 Å². The van der Waals surface area contributed by atoms with Crippen LogP contribution in [0.25, 0.3) is 33.1 Å². The van der Waals surface area contributed by atoms with Crippen molar-refractivity contribution >= 4 is 46.1 Å². The molecule has 0 atom stereocenters. The van der Waals surface area contributed by atoms with Crippen LogP contribution in [0.4, 0.5) is 0 Å². The summed E-state index contributed by atoms with van der Waals surface area (Å²) in [5.74, 6) is 0.245. The van der Waals surface area contributed by atoms with Gasteiger partial charge in [-0.3, -0.25) is 4.79 Å². The summed E-state index contributed by atoms with van der Waals surface area (Å²) in [5, 5.41) is 12.4. The number of aromatic hydroxyl groups is 1. The van der Waals surface area contributed by atoms with Crippen LogP contribution in [0.2, 0.25) is 5.02 Å². The van der Waals surface area contributed by atoms with E-state index in [1.807, 2.05) is 50.1 Å². The van der Waals surface area contributed by atoms with E-state index in [1.165, 1.54) is 0 Å². The number of ketones is 1. The van der Waals surface area contributed by atoms with Crippen molar-refractivity contribution in [3.8, 4) is 16.9 Å². The van der Waals surface area contributed by atoms with Crippen molar-refractivity contribution in [2.24, 2.45) is 0 Å². The summed E-state index contributed by atoms with van der Waals surface area (Å²) in [7, 11) is 0. The summed E-state index contributed by atoms with van der Waals surface area (Å²) in [6, 6.07) is 12.8. The molecule has 27 heavy (non-hydrogen) atoms. The number of benzene rings is 2. The van der Waals surface area contributed by atoms with Crippen molar-refractivity contribution in [1.82, 2.24) is 9.97 Å². The van der Waals surface area contributed by atoms with Crippen LogP contribution >= 0.6 is 11.6 Å². The maximum absolute atomic E-state index is 12.0. The maximum Gasteiger partial charge on any atom is 0.162 e. The zero-order chi connectivity index (χ0) is 19.6. The molecule has 0 fully saturated rings. The van der Waals surface area contributed by atoms with Crippen molar-refractivity contribution in [3.05, 3.63) is 59.2 Å². The van der Waals surface area contributed by atoms with E-state index < -0.39 is 0 Å².